The molecular formula is C25H30FN4O9PS. The maximum Gasteiger partial charge on any atom is 0.459 e. The molecule has 0 aliphatic carbocycles. The molecule has 1 aliphatic rings. The lowest BCUT2D eigenvalue weighted by molar-refractivity contribution is -0.149. The van der Waals surface area contributed by atoms with Crippen molar-refractivity contribution in [1.82, 2.24) is 19.6 Å². The summed E-state index contributed by atoms with van der Waals surface area (Å²) >= 11 is 1.43. The number of carbonyl (C=O) groups is 1. The zero-order chi connectivity index (χ0) is 29.9. The van der Waals surface area contributed by atoms with E-state index < -0.39 is 67.8 Å². The number of hydrogen-bond donors (Lipinski definition) is 3. The summed E-state index contributed by atoms with van der Waals surface area (Å²) in [5, 5.41) is 15.8. The largest absolute Gasteiger partial charge is 0.462 e. The van der Waals surface area contributed by atoms with Gasteiger partial charge in [-0.3, -0.25) is 23.7 Å². The molecule has 41 heavy (non-hydrogen) atoms. The second-order valence-electron chi connectivity index (χ2n) is 9.72. The average Bonchev–Trinajstić information content (AvgIpc) is 3.51. The minimum absolute atomic E-state index is 0.117. The van der Waals surface area contributed by atoms with Crippen molar-refractivity contribution in [2.24, 2.45) is 0 Å². The van der Waals surface area contributed by atoms with E-state index in [4.69, 9.17) is 18.5 Å². The van der Waals surface area contributed by atoms with Crippen LogP contribution in [0.4, 0.5) is 4.39 Å². The van der Waals surface area contributed by atoms with Crippen LogP contribution in [0.15, 0.2) is 57.7 Å². The number of carbonyl (C=O) groups excluding carboxylic acids is 1. The quantitative estimate of drug-likeness (QED) is 0.215. The fraction of sp³-hybridized carbons (Fsp3) is 0.440. The molecule has 3 N–H and O–H groups in total. The number of H-pyrrole nitrogens is 1. The Bertz CT molecular complexity index is 1510. The summed E-state index contributed by atoms with van der Waals surface area (Å²) in [6.45, 7) is 5.05. The summed E-state index contributed by atoms with van der Waals surface area (Å²) < 4.78 is 52.2. The number of nitrogens with zero attached hydrogens (tertiary/aromatic N) is 2. The number of aromatic amines is 1. The fourth-order valence-electron chi connectivity index (χ4n) is 4.01. The van der Waals surface area contributed by atoms with Gasteiger partial charge >= 0.3 is 19.4 Å². The number of thiazole rings is 1. The standard InChI is InChI=1S/C25H30FN4O9PS/c1-14(2)37-22(33)15(3)29-40(35,39-17-7-5-16(6-8-17)21-27-10-12-41-21)36-13-18-20(32)25(4,26)23(38-18)30-11-9-19(31)28-24(30)34/h5-12,14-15,18,20,23,32H,13H2,1-4H3,(H,29,35)(H,28,31,34). The normalized spacial score (nSPS) is 24.6. The first-order chi connectivity index (χ1) is 19.3. The smallest absolute Gasteiger partial charge is 0.459 e. The minimum atomic E-state index is -4.39. The lowest BCUT2D eigenvalue weighted by atomic mass is 9.98. The fourth-order valence-corrected chi connectivity index (χ4v) is 6.16. The van der Waals surface area contributed by atoms with E-state index in [1.54, 1.807) is 32.2 Å². The van der Waals surface area contributed by atoms with Crippen LogP contribution in [0.25, 0.3) is 10.6 Å². The van der Waals surface area contributed by atoms with Crippen LogP contribution in [0.1, 0.15) is 33.9 Å². The maximum absolute atomic E-state index is 15.6. The molecule has 1 aromatic carbocycles. The third-order valence-electron chi connectivity index (χ3n) is 6.05. The molecule has 2 aromatic heterocycles. The Morgan fingerprint density at radius 2 is 2.00 bits per heavy atom. The molecule has 6 unspecified atom stereocenters. The molecule has 0 amide bonds. The van der Waals surface area contributed by atoms with Gasteiger partial charge in [-0.1, -0.05) is 0 Å². The maximum atomic E-state index is 15.6. The zero-order valence-electron chi connectivity index (χ0n) is 22.6. The van der Waals surface area contributed by atoms with E-state index in [-0.39, 0.29) is 5.75 Å². The average molecular weight is 613 g/mol. The van der Waals surface area contributed by atoms with E-state index in [2.05, 4.69) is 10.1 Å². The first-order valence-corrected chi connectivity index (χ1v) is 15.0. The van der Waals surface area contributed by atoms with Crippen LogP contribution in [0.3, 0.4) is 0 Å². The summed E-state index contributed by atoms with van der Waals surface area (Å²) in [5.74, 6) is -0.607. The molecule has 3 aromatic rings. The van der Waals surface area contributed by atoms with Crippen molar-refractivity contribution in [2.75, 3.05) is 6.61 Å². The second-order valence-corrected chi connectivity index (χ2v) is 12.3. The number of rotatable bonds is 11. The Labute approximate surface area is 237 Å². The first kappa shape index (κ1) is 30.8. The van der Waals surface area contributed by atoms with Gasteiger partial charge in [0.2, 0.25) is 0 Å². The molecule has 0 spiro atoms. The van der Waals surface area contributed by atoms with Crippen molar-refractivity contribution in [1.29, 1.82) is 0 Å². The van der Waals surface area contributed by atoms with E-state index >= 15 is 4.39 Å². The van der Waals surface area contributed by atoms with Gasteiger partial charge in [0.15, 0.2) is 11.9 Å². The van der Waals surface area contributed by atoms with E-state index in [1.807, 2.05) is 10.4 Å². The predicted octanol–water partition coefficient (Wildman–Crippen LogP) is 2.78. The van der Waals surface area contributed by atoms with Crippen molar-refractivity contribution in [2.45, 2.75) is 63.9 Å². The van der Waals surface area contributed by atoms with Crippen molar-refractivity contribution in [3.63, 3.8) is 0 Å². The van der Waals surface area contributed by atoms with Crippen LogP contribution < -0.4 is 20.9 Å². The Balaban J connectivity index is 1.54. The lowest BCUT2D eigenvalue weighted by Crippen LogP contribution is -2.43. The van der Waals surface area contributed by atoms with E-state index in [9.17, 15) is 24.1 Å². The topological polar surface area (TPSA) is 171 Å². The number of esters is 1. The number of aliphatic hydroxyl groups is 1. The van der Waals surface area contributed by atoms with Gasteiger partial charge < -0.3 is 19.1 Å². The third-order valence-corrected chi connectivity index (χ3v) is 8.51. The van der Waals surface area contributed by atoms with Crippen LogP contribution in [0.5, 0.6) is 5.75 Å². The molecule has 3 heterocycles. The molecule has 1 saturated heterocycles. The van der Waals surface area contributed by atoms with E-state index in [1.165, 1.54) is 30.4 Å². The number of benzene rings is 1. The van der Waals surface area contributed by atoms with Crippen LogP contribution in [0, 0.1) is 0 Å². The Morgan fingerprint density at radius 1 is 1.29 bits per heavy atom. The molecule has 4 rings (SSSR count). The van der Waals surface area contributed by atoms with Crippen molar-refractivity contribution in [3.05, 3.63) is 68.9 Å². The van der Waals surface area contributed by atoms with Crippen molar-refractivity contribution in [3.8, 4) is 16.3 Å². The predicted molar refractivity (Wildman–Crippen MR) is 146 cm³/mol. The number of aliphatic hydroxyl groups excluding tert-OH is 1. The number of nitrogens with one attached hydrogen (secondary N) is 2. The van der Waals surface area contributed by atoms with Gasteiger partial charge in [-0.05, 0) is 52.0 Å². The molecular weight excluding hydrogens is 582 g/mol. The highest BCUT2D eigenvalue weighted by atomic mass is 32.1. The van der Waals surface area contributed by atoms with Gasteiger partial charge in [-0.15, -0.1) is 11.3 Å². The van der Waals surface area contributed by atoms with Crippen LogP contribution in [0.2, 0.25) is 0 Å². The summed E-state index contributed by atoms with van der Waals surface area (Å²) in [4.78, 5) is 42.3. The molecule has 222 valence electrons. The highest BCUT2D eigenvalue weighted by molar-refractivity contribution is 7.52. The summed E-state index contributed by atoms with van der Waals surface area (Å²) in [5.41, 5.74) is -3.36. The molecule has 6 atom stereocenters. The zero-order valence-corrected chi connectivity index (χ0v) is 24.3. The number of aromatic nitrogens is 3. The van der Waals surface area contributed by atoms with Gasteiger partial charge in [-0.2, -0.15) is 5.09 Å². The summed E-state index contributed by atoms with van der Waals surface area (Å²) in [6.07, 6.45) is -2.63. The highest BCUT2D eigenvalue weighted by Crippen LogP contribution is 2.47. The van der Waals surface area contributed by atoms with Gasteiger partial charge in [0.25, 0.3) is 5.56 Å². The minimum Gasteiger partial charge on any atom is -0.462 e. The number of ether oxygens (including phenoxy) is 2. The van der Waals surface area contributed by atoms with Crippen molar-refractivity contribution >= 4 is 25.1 Å². The van der Waals surface area contributed by atoms with Gasteiger partial charge in [0.1, 0.15) is 29.0 Å². The SMILES string of the molecule is CC(C)OC(=O)C(C)NP(=O)(OCC1OC(n2ccc(=O)[nH]c2=O)C(C)(F)C1O)Oc1ccc(-c2nccs2)cc1. The highest BCUT2D eigenvalue weighted by Gasteiger charge is 2.56. The first-order valence-electron chi connectivity index (χ1n) is 12.6. The summed E-state index contributed by atoms with van der Waals surface area (Å²) in [6, 6.07) is 6.30. The van der Waals surface area contributed by atoms with Crippen molar-refractivity contribution < 1.29 is 37.4 Å². The second kappa shape index (κ2) is 12.3. The Morgan fingerprint density at radius 3 is 2.61 bits per heavy atom. The van der Waals surface area contributed by atoms with Crippen LogP contribution in [-0.4, -0.2) is 62.2 Å². The van der Waals surface area contributed by atoms with E-state index in [0.717, 1.165) is 34.3 Å². The lowest BCUT2D eigenvalue weighted by Gasteiger charge is -2.25. The number of halogens is 1. The molecule has 1 fully saturated rings. The van der Waals surface area contributed by atoms with Gasteiger partial charge in [-0.25, -0.2) is 18.7 Å². The van der Waals surface area contributed by atoms with Gasteiger partial charge in [0, 0.05) is 29.4 Å². The molecule has 0 saturated carbocycles. The number of hydrogen-bond acceptors (Lipinski definition) is 11. The van der Waals surface area contributed by atoms with Crippen LogP contribution in [-0.2, 0) is 23.4 Å². The van der Waals surface area contributed by atoms with Crippen LogP contribution >= 0.6 is 19.1 Å². The van der Waals surface area contributed by atoms with Gasteiger partial charge in [0.05, 0.1) is 12.7 Å². The molecule has 1 aliphatic heterocycles. The molecule has 16 heteroatoms. The number of alkyl halides is 1. The summed E-state index contributed by atoms with van der Waals surface area (Å²) in [7, 11) is -4.39. The monoisotopic (exact) mass is 612 g/mol. The van der Waals surface area contributed by atoms with E-state index in [0.29, 0.717) is 0 Å². The molecule has 0 radical (unpaired) electrons. The Kier molecular flexibility index (Phi) is 9.26. The molecule has 0 bridgehead atoms. The Hall–Kier alpha value is -3.20. The molecule has 13 nitrogen and oxygen atoms in total. The third kappa shape index (κ3) is 7.18.